The Labute approximate surface area is 95.8 Å². The predicted octanol–water partition coefficient (Wildman–Crippen LogP) is 1.81. The molecule has 1 aliphatic carbocycles. The molecule has 1 aromatic heterocycles. The Morgan fingerprint density at radius 2 is 2.36 bits per heavy atom. The Hall–Kier alpha value is -0.200. The molecular formula is C8H13BrN4S. The van der Waals surface area contributed by atoms with Crippen molar-refractivity contribution in [1.82, 2.24) is 15.1 Å². The van der Waals surface area contributed by atoms with Crippen LogP contribution in [-0.2, 0) is 0 Å². The standard InChI is InChI=1S/C8H13BrN4S/c1-13(6-2-3-6)5-4-10-8-12-11-7(9)14-8/h6H,2-5H2,1H3,(H,10,12). The van der Waals surface area contributed by atoms with Crippen LogP contribution in [0, 0.1) is 0 Å². The highest BCUT2D eigenvalue weighted by molar-refractivity contribution is 9.11. The van der Waals surface area contributed by atoms with Crippen LogP contribution in [-0.4, -0.2) is 41.3 Å². The highest BCUT2D eigenvalue weighted by Crippen LogP contribution is 2.25. The molecule has 0 unspecified atom stereocenters. The van der Waals surface area contributed by atoms with Gasteiger partial charge in [-0.3, -0.25) is 0 Å². The second kappa shape index (κ2) is 4.55. The van der Waals surface area contributed by atoms with Crippen molar-refractivity contribution < 1.29 is 0 Å². The van der Waals surface area contributed by atoms with Crippen LogP contribution in [0.25, 0.3) is 0 Å². The summed E-state index contributed by atoms with van der Waals surface area (Å²) in [5.41, 5.74) is 0. The van der Waals surface area contributed by atoms with Gasteiger partial charge in [0.1, 0.15) is 0 Å². The van der Waals surface area contributed by atoms with Gasteiger partial charge >= 0.3 is 0 Å². The number of likely N-dealkylation sites (N-methyl/N-ethyl adjacent to an activating group) is 1. The lowest BCUT2D eigenvalue weighted by Gasteiger charge is -2.14. The SMILES string of the molecule is CN(CCNc1nnc(Br)s1)C1CC1. The molecule has 1 N–H and O–H groups in total. The number of nitrogens with one attached hydrogen (secondary N) is 1. The van der Waals surface area contributed by atoms with E-state index < -0.39 is 0 Å². The van der Waals surface area contributed by atoms with E-state index in [0.29, 0.717) is 0 Å². The van der Waals surface area contributed by atoms with Crippen molar-refractivity contribution in [2.24, 2.45) is 0 Å². The molecule has 1 saturated carbocycles. The van der Waals surface area contributed by atoms with Crippen molar-refractivity contribution in [2.45, 2.75) is 18.9 Å². The molecule has 0 bridgehead atoms. The minimum atomic E-state index is 0.829. The van der Waals surface area contributed by atoms with Crippen molar-refractivity contribution in [1.29, 1.82) is 0 Å². The van der Waals surface area contributed by atoms with Crippen LogP contribution in [0.15, 0.2) is 3.92 Å². The average Bonchev–Trinajstić information content (AvgIpc) is 2.92. The quantitative estimate of drug-likeness (QED) is 0.891. The number of halogens is 1. The van der Waals surface area contributed by atoms with E-state index in [0.717, 1.165) is 28.2 Å². The van der Waals surface area contributed by atoms with E-state index in [1.807, 2.05) is 0 Å². The van der Waals surface area contributed by atoms with Crippen LogP contribution in [0.4, 0.5) is 5.13 Å². The molecule has 0 radical (unpaired) electrons. The zero-order valence-corrected chi connectivity index (χ0v) is 10.4. The summed E-state index contributed by atoms with van der Waals surface area (Å²) in [6.07, 6.45) is 2.72. The van der Waals surface area contributed by atoms with Gasteiger partial charge in [0.2, 0.25) is 5.13 Å². The maximum Gasteiger partial charge on any atom is 0.206 e. The van der Waals surface area contributed by atoms with Crippen molar-refractivity contribution in [2.75, 3.05) is 25.5 Å². The van der Waals surface area contributed by atoms with Crippen LogP contribution in [0.5, 0.6) is 0 Å². The fourth-order valence-corrected chi connectivity index (χ4v) is 2.35. The molecule has 6 heteroatoms. The van der Waals surface area contributed by atoms with Crippen molar-refractivity contribution in [3.05, 3.63) is 3.92 Å². The molecule has 4 nitrogen and oxygen atoms in total. The molecular weight excluding hydrogens is 264 g/mol. The summed E-state index contributed by atoms with van der Waals surface area (Å²) in [7, 11) is 2.18. The first-order valence-electron chi connectivity index (χ1n) is 4.69. The molecule has 0 spiro atoms. The fraction of sp³-hybridized carbons (Fsp3) is 0.750. The summed E-state index contributed by atoms with van der Waals surface area (Å²) >= 11 is 4.81. The largest absolute Gasteiger partial charge is 0.359 e. The van der Waals surface area contributed by atoms with Gasteiger partial charge < -0.3 is 10.2 Å². The van der Waals surface area contributed by atoms with Crippen LogP contribution >= 0.6 is 27.3 Å². The van der Waals surface area contributed by atoms with Gasteiger partial charge in [0.05, 0.1) is 0 Å². The molecule has 1 fully saturated rings. The van der Waals surface area contributed by atoms with Gasteiger partial charge in [-0.25, -0.2) is 0 Å². The fourth-order valence-electron chi connectivity index (χ4n) is 1.31. The predicted molar refractivity (Wildman–Crippen MR) is 61.8 cm³/mol. The Balaban J connectivity index is 1.67. The average molecular weight is 277 g/mol. The van der Waals surface area contributed by atoms with Crippen LogP contribution in [0.2, 0.25) is 0 Å². The smallest absolute Gasteiger partial charge is 0.206 e. The van der Waals surface area contributed by atoms with Gasteiger partial charge in [0.15, 0.2) is 3.92 Å². The van der Waals surface area contributed by atoms with Crippen molar-refractivity contribution >= 4 is 32.4 Å². The Bertz CT molecular complexity index is 299. The topological polar surface area (TPSA) is 41.0 Å². The van der Waals surface area contributed by atoms with Gasteiger partial charge in [-0.1, -0.05) is 11.3 Å². The Morgan fingerprint density at radius 3 is 2.93 bits per heavy atom. The molecule has 14 heavy (non-hydrogen) atoms. The lowest BCUT2D eigenvalue weighted by molar-refractivity contribution is 0.337. The van der Waals surface area contributed by atoms with Gasteiger partial charge in [-0.05, 0) is 35.8 Å². The lowest BCUT2D eigenvalue weighted by atomic mass is 10.5. The second-order valence-electron chi connectivity index (χ2n) is 3.50. The number of hydrogen-bond acceptors (Lipinski definition) is 5. The maximum atomic E-state index is 3.97. The third-order valence-corrected chi connectivity index (χ3v) is 3.62. The Kier molecular flexibility index (Phi) is 3.35. The second-order valence-corrected chi connectivity index (χ2v) is 5.75. The number of rotatable bonds is 5. The van der Waals surface area contributed by atoms with E-state index in [9.17, 15) is 0 Å². The molecule has 1 aromatic rings. The summed E-state index contributed by atoms with van der Waals surface area (Å²) in [5.74, 6) is 0. The summed E-state index contributed by atoms with van der Waals surface area (Å²) < 4.78 is 0.829. The molecule has 0 amide bonds. The van der Waals surface area contributed by atoms with Crippen LogP contribution in [0.1, 0.15) is 12.8 Å². The van der Waals surface area contributed by atoms with Gasteiger partial charge in [-0.2, -0.15) is 0 Å². The minimum Gasteiger partial charge on any atom is -0.359 e. The normalized spacial score (nSPS) is 16.2. The Morgan fingerprint density at radius 1 is 1.57 bits per heavy atom. The third-order valence-electron chi connectivity index (χ3n) is 2.31. The van der Waals surface area contributed by atoms with Gasteiger partial charge in [0, 0.05) is 19.1 Å². The molecule has 0 aliphatic heterocycles. The molecule has 0 aromatic carbocycles. The number of aromatic nitrogens is 2. The zero-order chi connectivity index (χ0) is 9.97. The maximum absolute atomic E-state index is 3.97. The first kappa shape index (κ1) is 10.3. The summed E-state index contributed by atoms with van der Waals surface area (Å²) in [4.78, 5) is 2.39. The molecule has 1 aliphatic rings. The summed E-state index contributed by atoms with van der Waals surface area (Å²) in [5, 5.41) is 12.0. The van der Waals surface area contributed by atoms with E-state index in [2.05, 4.69) is 43.4 Å². The van der Waals surface area contributed by atoms with E-state index in [1.165, 1.54) is 24.2 Å². The third kappa shape index (κ3) is 2.90. The van der Waals surface area contributed by atoms with E-state index in [4.69, 9.17) is 0 Å². The lowest BCUT2D eigenvalue weighted by Crippen LogP contribution is -2.26. The van der Waals surface area contributed by atoms with Crippen LogP contribution < -0.4 is 5.32 Å². The first-order valence-corrected chi connectivity index (χ1v) is 6.30. The number of anilines is 1. The summed E-state index contributed by atoms with van der Waals surface area (Å²) in [6, 6.07) is 0.831. The zero-order valence-electron chi connectivity index (χ0n) is 8.03. The van der Waals surface area contributed by atoms with Crippen molar-refractivity contribution in [3.63, 3.8) is 0 Å². The minimum absolute atomic E-state index is 0.829. The number of nitrogens with zero attached hydrogens (tertiary/aromatic N) is 3. The highest BCUT2D eigenvalue weighted by Gasteiger charge is 2.25. The van der Waals surface area contributed by atoms with E-state index in [1.54, 1.807) is 0 Å². The first-order chi connectivity index (χ1) is 6.75. The molecule has 0 atom stereocenters. The van der Waals surface area contributed by atoms with E-state index in [-0.39, 0.29) is 0 Å². The van der Waals surface area contributed by atoms with Gasteiger partial charge in [-0.15, -0.1) is 10.2 Å². The molecule has 2 rings (SSSR count). The molecule has 78 valence electrons. The van der Waals surface area contributed by atoms with Gasteiger partial charge in [0.25, 0.3) is 0 Å². The molecule has 1 heterocycles. The monoisotopic (exact) mass is 276 g/mol. The molecule has 0 saturated heterocycles. The number of hydrogen-bond donors (Lipinski definition) is 1. The van der Waals surface area contributed by atoms with E-state index >= 15 is 0 Å². The van der Waals surface area contributed by atoms with Crippen molar-refractivity contribution in [3.8, 4) is 0 Å². The van der Waals surface area contributed by atoms with Crippen LogP contribution in [0.3, 0.4) is 0 Å². The summed E-state index contributed by atoms with van der Waals surface area (Å²) in [6.45, 7) is 2.01. The highest BCUT2D eigenvalue weighted by atomic mass is 79.9.